The molecule has 8 nitrogen and oxygen atoms in total. The number of hydrogen-bond donors (Lipinski definition) is 1. The highest BCUT2D eigenvalue weighted by molar-refractivity contribution is 7.99. The monoisotopic (exact) mass is 494 g/mol. The Kier molecular flexibility index (Phi) is 7.60. The molecule has 0 saturated heterocycles. The quantitative estimate of drug-likeness (QED) is 0.380. The van der Waals surface area contributed by atoms with Gasteiger partial charge in [-0.25, -0.2) is 17.7 Å². The minimum atomic E-state index is -3.54. The first-order valence-electron chi connectivity index (χ1n) is 9.79. The number of hydrogen-bond acceptors (Lipinski definition) is 6. The number of sulfonamides is 1. The summed E-state index contributed by atoms with van der Waals surface area (Å²) in [4.78, 5) is 30.0. The van der Waals surface area contributed by atoms with Gasteiger partial charge in [0.1, 0.15) is 0 Å². The van der Waals surface area contributed by atoms with Gasteiger partial charge in [0.2, 0.25) is 15.9 Å². The molecule has 3 aromatic rings. The van der Waals surface area contributed by atoms with Crippen molar-refractivity contribution in [3.05, 3.63) is 57.8 Å². The smallest absolute Gasteiger partial charge is 0.262 e. The number of amides is 1. The lowest BCUT2D eigenvalue weighted by Gasteiger charge is -2.13. The number of nitrogens with one attached hydrogen (secondary N) is 1. The SMILES string of the molecule is CCCn1c(SCC(=O)Nc2ccc(S(=O)(=O)N(C)C)cc2)nc2cc(Cl)ccc2c1=O. The van der Waals surface area contributed by atoms with E-state index in [4.69, 9.17) is 11.6 Å². The molecule has 1 heterocycles. The first kappa shape index (κ1) is 24.2. The van der Waals surface area contributed by atoms with Gasteiger partial charge in [-0.2, -0.15) is 0 Å². The van der Waals surface area contributed by atoms with E-state index in [1.165, 1.54) is 38.4 Å². The first-order chi connectivity index (χ1) is 15.1. The van der Waals surface area contributed by atoms with E-state index < -0.39 is 10.0 Å². The first-order valence-corrected chi connectivity index (χ1v) is 12.6. The number of rotatable bonds is 8. The van der Waals surface area contributed by atoms with Crippen molar-refractivity contribution >= 4 is 55.9 Å². The van der Waals surface area contributed by atoms with Crippen LogP contribution in [-0.4, -0.2) is 48.0 Å². The summed E-state index contributed by atoms with van der Waals surface area (Å²) in [6.45, 7) is 2.44. The number of carbonyl (C=O) groups is 1. The van der Waals surface area contributed by atoms with E-state index in [-0.39, 0.29) is 22.1 Å². The molecule has 0 unspecified atom stereocenters. The molecule has 0 fully saturated rings. The summed E-state index contributed by atoms with van der Waals surface area (Å²) >= 11 is 7.19. The number of aromatic nitrogens is 2. The normalized spacial score (nSPS) is 11.8. The van der Waals surface area contributed by atoms with Crippen molar-refractivity contribution < 1.29 is 13.2 Å². The number of fused-ring (bicyclic) bond motifs is 1. The van der Waals surface area contributed by atoms with Crippen molar-refractivity contribution in [1.29, 1.82) is 0 Å². The van der Waals surface area contributed by atoms with Crippen LogP contribution in [0, 0.1) is 0 Å². The van der Waals surface area contributed by atoms with Crippen molar-refractivity contribution in [1.82, 2.24) is 13.9 Å². The Hall–Kier alpha value is -2.40. The number of nitrogens with zero attached hydrogens (tertiary/aromatic N) is 3. The van der Waals surface area contributed by atoms with Crippen LogP contribution in [0.1, 0.15) is 13.3 Å². The molecule has 0 radical (unpaired) electrons. The second-order valence-electron chi connectivity index (χ2n) is 7.16. The van der Waals surface area contributed by atoms with E-state index in [1.54, 1.807) is 22.8 Å². The van der Waals surface area contributed by atoms with E-state index in [2.05, 4.69) is 10.3 Å². The molecule has 0 atom stereocenters. The average Bonchev–Trinajstić information content (AvgIpc) is 2.74. The highest BCUT2D eigenvalue weighted by Gasteiger charge is 2.17. The summed E-state index contributed by atoms with van der Waals surface area (Å²) in [5.74, 6) is -0.276. The van der Waals surface area contributed by atoms with Gasteiger partial charge in [0.15, 0.2) is 5.16 Å². The van der Waals surface area contributed by atoms with Crippen LogP contribution in [0.15, 0.2) is 57.3 Å². The minimum absolute atomic E-state index is 0.0278. The van der Waals surface area contributed by atoms with E-state index in [0.717, 1.165) is 22.5 Å². The molecule has 0 aliphatic carbocycles. The molecule has 170 valence electrons. The standard InChI is InChI=1S/C21H23ClN4O4S2/c1-4-11-26-20(28)17-10-5-14(22)12-18(17)24-21(26)31-13-19(27)23-15-6-8-16(9-7-15)32(29,30)25(2)3/h5-10,12H,4,11,13H2,1-3H3,(H,23,27). The lowest BCUT2D eigenvalue weighted by molar-refractivity contribution is -0.113. The fourth-order valence-corrected chi connectivity index (χ4v) is 4.85. The Morgan fingerprint density at radius 2 is 1.88 bits per heavy atom. The lowest BCUT2D eigenvalue weighted by atomic mass is 10.2. The Balaban J connectivity index is 1.76. The fraction of sp³-hybridized carbons (Fsp3) is 0.286. The third-order valence-corrected chi connectivity index (χ3v) is 7.62. The van der Waals surface area contributed by atoms with Gasteiger partial charge in [-0.3, -0.25) is 14.2 Å². The van der Waals surface area contributed by atoms with E-state index >= 15 is 0 Å². The van der Waals surface area contributed by atoms with Crippen LogP contribution in [0.5, 0.6) is 0 Å². The zero-order valence-electron chi connectivity index (χ0n) is 17.8. The van der Waals surface area contributed by atoms with Gasteiger partial charge in [0, 0.05) is 31.4 Å². The molecule has 0 spiro atoms. The van der Waals surface area contributed by atoms with Gasteiger partial charge in [0.05, 0.1) is 21.6 Å². The molecule has 1 aromatic heterocycles. The van der Waals surface area contributed by atoms with Gasteiger partial charge < -0.3 is 5.32 Å². The molecular formula is C21H23ClN4O4S2. The molecule has 0 bridgehead atoms. The minimum Gasteiger partial charge on any atom is -0.325 e. The molecule has 3 rings (SSSR count). The van der Waals surface area contributed by atoms with Crippen molar-refractivity contribution in [2.45, 2.75) is 29.9 Å². The molecular weight excluding hydrogens is 472 g/mol. The molecule has 1 N–H and O–H groups in total. The number of thioether (sulfide) groups is 1. The van der Waals surface area contributed by atoms with Crippen LogP contribution in [0.25, 0.3) is 10.9 Å². The van der Waals surface area contributed by atoms with Gasteiger partial charge in [0.25, 0.3) is 5.56 Å². The van der Waals surface area contributed by atoms with Crippen molar-refractivity contribution in [3.63, 3.8) is 0 Å². The summed E-state index contributed by atoms with van der Waals surface area (Å²) in [5, 5.41) is 4.12. The highest BCUT2D eigenvalue weighted by Crippen LogP contribution is 2.22. The largest absolute Gasteiger partial charge is 0.325 e. The summed E-state index contributed by atoms with van der Waals surface area (Å²) in [5.41, 5.74) is 0.780. The summed E-state index contributed by atoms with van der Waals surface area (Å²) < 4.78 is 27.0. The van der Waals surface area contributed by atoms with Crippen molar-refractivity contribution in [2.75, 3.05) is 25.2 Å². The Labute approximate surface area is 195 Å². The molecule has 32 heavy (non-hydrogen) atoms. The Bertz CT molecular complexity index is 1310. The van der Waals surface area contributed by atoms with Crippen molar-refractivity contribution in [3.8, 4) is 0 Å². The summed E-state index contributed by atoms with van der Waals surface area (Å²) in [7, 11) is -0.630. The van der Waals surface area contributed by atoms with E-state index in [9.17, 15) is 18.0 Å². The summed E-state index contributed by atoms with van der Waals surface area (Å²) in [6.07, 6.45) is 0.739. The van der Waals surface area contributed by atoms with Gasteiger partial charge in [-0.05, 0) is 48.9 Å². The van der Waals surface area contributed by atoms with Crippen LogP contribution >= 0.6 is 23.4 Å². The van der Waals surface area contributed by atoms with E-state index in [1.807, 2.05) is 6.92 Å². The van der Waals surface area contributed by atoms with Gasteiger partial charge in [-0.1, -0.05) is 30.3 Å². The van der Waals surface area contributed by atoms with Crippen LogP contribution in [0.2, 0.25) is 5.02 Å². The van der Waals surface area contributed by atoms with E-state index in [0.29, 0.717) is 33.3 Å². The molecule has 0 saturated carbocycles. The number of halogens is 1. The zero-order chi connectivity index (χ0) is 23.5. The highest BCUT2D eigenvalue weighted by atomic mass is 35.5. The van der Waals surface area contributed by atoms with Gasteiger partial charge >= 0.3 is 0 Å². The maximum absolute atomic E-state index is 12.9. The predicted octanol–water partition coefficient (Wildman–Crippen LogP) is 3.44. The van der Waals surface area contributed by atoms with Gasteiger partial charge in [-0.15, -0.1) is 0 Å². The van der Waals surface area contributed by atoms with Crippen LogP contribution in [0.3, 0.4) is 0 Å². The third kappa shape index (κ3) is 5.32. The molecule has 0 aliphatic rings. The maximum atomic E-state index is 12.9. The van der Waals surface area contributed by atoms with Crippen LogP contribution in [-0.2, 0) is 21.4 Å². The Morgan fingerprint density at radius 3 is 2.50 bits per heavy atom. The molecule has 0 aliphatic heterocycles. The lowest BCUT2D eigenvalue weighted by Crippen LogP contribution is -2.24. The number of benzene rings is 2. The second-order valence-corrected chi connectivity index (χ2v) is 10.7. The number of carbonyl (C=O) groups excluding carboxylic acids is 1. The fourth-order valence-electron chi connectivity index (χ4n) is 2.95. The average molecular weight is 495 g/mol. The topological polar surface area (TPSA) is 101 Å². The molecule has 2 aromatic carbocycles. The number of anilines is 1. The van der Waals surface area contributed by atoms with Crippen LogP contribution < -0.4 is 10.9 Å². The Morgan fingerprint density at radius 1 is 1.19 bits per heavy atom. The van der Waals surface area contributed by atoms with Crippen LogP contribution in [0.4, 0.5) is 5.69 Å². The molecule has 11 heteroatoms. The maximum Gasteiger partial charge on any atom is 0.262 e. The summed E-state index contributed by atoms with van der Waals surface area (Å²) in [6, 6.07) is 10.9. The predicted molar refractivity (Wildman–Crippen MR) is 128 cm³/mol. The second kappa shape index (κ2) is 10.0. The third-order valence-electron chi connectivity index (χ3n) is 4.58. The zero-order valence-corrected chi connectivity index (χ0v) is 20.2. The molecule has 1 amide bonds. The van der Waals surface area contributed by atoms with Crippen molar-refractivity contribution in [2.24, 2.45) is 0 Å².